The molecule has 0 atom stereocenters. The van der Waals surface area contributed by atoms with E-state index in [2.05, 4.69) is 15.6 Å². The van der Waals surface area contributed by atoms with E-state index >= 15 is 0 Å². The molecule has 0 aromatic carbocycles. The Balaban J connectivity index is 1.75. The largest absolute Gasteiger partial charge is 0.385 e. The van der Waals surface area contributed by atoms with Crippen molar-refractivity contribution in [2.45, 2.75) is 31.5 Å². The molecule has 8 heteroatoms. The van der Waals surface area contributed by atoms with Gasteiger partial charge in [0.25, 0.3) is 5.91 Å². The fraction of sp³-hybridized carbons (Fsp3) is 0.588. The van der Waals surface area contributed by atoms with E-state index in [0.717, 1.165) is 12.0 Å². The number of methoxy groups -OCH3 is 1. The highest BCUT2D eigenvalue weighted by atomic mass is 19.1. The molecule has 0 saturated carbocycles. The number of nitrogens with one attached hydrogen (secondary N) is 2. The van der Waals surface area contributed by atoms with Crippen LogP contribution in [0.4, 0.5) is 9.18 Å². The summed E-state index contributed by atoms with van der Waals surface area (Å²) in [5, 5.41) is 5.40. The molecule has 1 aromatic heterocycles. The number of amides is 3. The topological polar surface area (TPSA) is 83.6 Å². The first-order valence-electron chi connectivity index (χ1n) is 8.43. The molecule has 0 bridgehead atoms. The van der Waals surface area contributed by atoms with Crippen molar-refractivity contribution in [1.29, 1.82) is 0 Å². The van der Waals surface area contributed by atoms with Crippen LogP contribution in [0.2, 0.25) is 0 Å². The number of piperidine rings is 1. The number of hydrogen-bond acceptors (Lipinski definition) is 4. The van der Waals surface area contributed by atoms with Gasteiger partial charge in [-0.25, -0.2) is 9.18 Å². The molecule has 138 valence electrons. The summed E-state index contributed by atoms with van der Waals surface area (Å²) in [4.78, 5) is 29.6. The number of carbonyl (C=O) groups is 2. The molecule has 0 spiro atoms. The minimum Gasteiger partial charge on any atom is -0.385 e. The first-order chi connectivity index (χ1) is 12.0. The molecule has 3 amide bonds. The Morgan fingerprint density at radius 2 is 1.96 bits per heavy atom. The van der Waals surface area contributed by atoms with E-state index in [1.807, 2.05) is 0 Å². The number of ether oxygens (including phenoxy) is 1. The van der Waals surface area contributed by atoms with Gasteiger partial charge in [0.1, 0.15) is 0 Å². The normalized spacial score (nSPS) is 16.3. The summed E-state index contributed by atoms with van der Waals surface area (Å²) < 4.78 is 19.8. The first-order valence-corrected chi connectivity index (χ1v) is 8.43. The van der Waals surface area contributed by atoms with Crippen LogP contribution in [0.1, 0.15) is 24.8 Å². The van der Waals surface area contributed by atoms with Gasteiger partial charge in [0, 0.05) is 65.1 Å². The average Bonchev–Trinajstić information content (AvgIpc) is 2.64. The second-order valence-corrected chi connectivity index (χ2v) is 6.07. The van der Waals surface area contributed by atoms with Crippen LogP contribution in [0.15, 0.2) is 24.5 Å². The predicted octanol–water partition coefficient (Wildman–Crippen LogP) is 1.25. The van der Waals surface area contributed by atoms with E-state index < -0.39 is 11.6 Å². The fourth-order valence-corrected chi connectivity index (χ4v) is 2.66. The second-order valence-electron chi connectivity index (χ2n) is 6.07. The van der Waals surface area contributed by atoms with Crippen LogP contribution >= 0.6 is 0 Å². The molecule has 0 unspecified atom stereocenters. The van der Waals surface area contributed by atoms with Crippen molar-refractivity contribution in [2.24, 2.45) is 0 Å². The third-order valence-electron chi connectivity index (χ3n) is 4.25. The van der Waals surface area contributed by atoms with Crippen LogP contribution in [0.25, 0.3) is 0 Å². The molecule has 1 saturated heterocycles. The van der Waals surface area contributed by atoms with Gasteiger partial charge in [0.2, 0.25) is 0 Å². The number of halogens is 1. The van der Waals surface area contributed by atoms with Gasteiger partial charge in [-0.2, -0.15) is 0 Å². The Bertz CT molecular complexity index is 562. The van der Waals surface area contributed by atoms with E-state index in [9.17, 15) is 14.0 Å². The molecule has 1 aliphatic heterocycles. The van der Waals surface area contributed by atoms with Crippen LogP contribution < -0.4 is 10.6 Å². The minimum absolute atomic E-state index is 0.000664. The lowest BCUT2D eigenvalue weighted by molar-refractivity contribution is -0.135. The van der Waals surface area contributed by atoms with Gasteiger partial charge in [-0.05, 0) is 24.1 Å². The van der Waals surface area contributed by atoms with Crippen molar-refractivity contribution in [1.82, 2.24) is 20.5 Å². The molecular formula is C17H25FN4O3. The predicted molar refractivity (Wildman–Crippen MR) is 90.6 cm³/mol. The highest BCUT2D eigenvalue weighted by molar-refractivity contribution is 5.85. The van der Waals surface area contributed by atoms with Gasteiger partial charge in [0.05, 0.1) is 0 Å². The van der Waals surface area contributed by atoms with E-state index in [1.165, 1.54) is 0 Å². The fourth-order valence-electron chi connectivity index (χ4n) is 2.66. The van der Waals surface area contributed by atoms with Crippen molar-refractivity contribution >= 4 is 11.9 Å². The zero-order chi connectivity index (χ0) is 18.1. The van der Waals surface area contributed by atoms with E-state index in [-0.39, 0.29) is 38.5 Å². The Morgan fingerprint density at radius 1 is 1.28 bits per heavy atom. The highest BCUT2D eigenvalue weighted by Gasteiger charge is 2.42. The van der Waals surface area contributed by atoms with Gasteiger partial charge >= 0.3 is 6.03 Å². The molecule has 7 nitrogen and oxygen atoms in total. The van der Waals surface area contributed by atoms with Crippen LogP contribution in [0.5, 0.6) is 0 Å². The second kappa shape index (κ2) is 9.31. The Hall–Kier alpha value is -2.22. The van der Waals surface area contributed by atoms with Crippen LogP contribution in [0, 0.1) is 0 Å². The maximum atomic E-state index is 14.9. The summed E-state index contributed by atoms with van der Waals surface area (Å²) in [6, 6.07) is 3.30. The van der Waals surface area contributed by atoms with Gasteiger partial charge in [0.15, 0.2) is 5.67 Å². The lowest BCUT2D eigenvalue weighted by Crippen LogP contribution is -2.53. The van der Waals surface area contributed by atoms with E-state index in [1.54, 1.807) is 36.5 Å². The lowest BCUT2D eigenvalue weighted by atomic mass is 9.92. The van der Waals surface area contributed by atoms with Crippen molar-refractivity contribution in [2.75, 3.05) is 33.4 Å². The monoisotopic (exact) mass is 352 g/mol. The average molecular weight is 352 g/mol. The molecule has 0 radical (unpaired) electrons. The number of nitrogens with zero attached hydrogens (tertiary/aromatic N) is 2. The molecule has 25 heavy (non-hydrogen) atoms. The Morgan fingerprint density at radius 3 is 2.60 bits per heavy atom. The van der Waals surface area contributed by atoms with Crippen molar-refractivity contribution in [3.63, 3.8) is 0 Å². The van der Waals surface area contributed by atoms with Gasteiger partial charge in [-0.1, -0.05) is 0 Å². The van der Waals surface area contributed by atoms with E-state index in [0.29, 0.717) is 13.2 Å². The van der Waals surface area contributed by atoms with Crippen LogP contribution in [0.3, 0.4) is 0 Å². The molecular weight excluding hydrogens is 327 g/mol. The number of aromatic nitrogens is 1. The van der Waals surface area contributed by atoms with Crippen LogP contribution in [-0.4, -0.2) is 60.8 Å². The SMILES string of the molecule is COCCCNC(=O)N1CCC(F)(C(=O)NCc2ccncc2)CC1. The molecule has 1 aliphatic rings. The zero-order valence-corrected chi connectivity index (χ0v) is 14.5. The van der Waals surface area contributed by atoms with E-state index in [4.69, 9.17) is 4.74 Å². The number of alkyl halides is 1. The smallest absolute Gasteiger partial charge is 0.317 e. The molecule has 0 aliphatic carbocycles. The third kappa shape index (κ3) is 5.67. The van der Waals surface area contributed by atoms with Crippen molar-refractivity contribution in [3.05, 3.63) is 30.1 Å². The quantitative estimate of drug-likeness (QED) is 0.724. The number of rotatable bonds is 7. The molecule has 1 aromatic rings. The minimum atomic E-state index is -1.93. The first kappa shape index (κ1) is 19.1. The Labute approximate surface area is 146 Å². The standard InChI is InChI=1S/C17H25FN4O3/c1-25-12-2-7-20-16(24)22-10-5-17(18,6-11-22)15(23)21-13-14-3-8-19-9-4-14/h3-4,8-9H,2,5-7,10-13H2,1H3,(H,20,24)(H,21,23). The number of carbonyl (C=O) groups excluding carboxylic acids is 2. The number of likely N-dealkylation sites (tertiary alicyclic amines) is 1. The van der Waals surface area contributed by atoms with Crippen molar-refractivity contribution in [3.8, 4) is 0 Å². The molecule has 2 N–H and O–H groups in total. The van der Waals surface area contributed by atoms with Crippen molar-refractivity contribution < 1.29 is 18.7 Å². The lowest BCUT2D eigenvalue weighted by Gasteiger charge is -2.35. The summed E-state index contributed by atoms with van der Waals surface area (Å²) in [5.41, 5.74) is -1.07. The third-order valence-corrected chi connectivity index (χ3v) is 4.25. The maximum absolute atomic E-state index is 14.9. The zero-order valence-electron chi connectivity index (χ0n) is 14.5. The van der Waals surface area contributed by atoms with Gasteiger partial charge < -0.3 is 20.3 Å². The van der Waals surface area contributed by atoms with Gasteiger partial charge in [-0.3, -0.25) is 9.78 Å². The molecule has 1 fully saturated rings. The molecule has 2 rings (SSSR count). The summed E-state index contributed by atoms with van der Waals surface area (Å²) >= 11 is 0. The molecule has 2 heterocycles. The van der Waals surface area contributed by atoms with Gasteiger partial charge in [-0.15, -0.1) is 0 Å². The summed E-state index contributed by atoms with van der Waals surface area (Å²) in [6.45, 7) is 1.78. The van der Waals surface area contributed by atoms with Crippen LogP contribution in [-0.2, 0) is 16.1 Å². The summed E-state index contributed by atoms with van der Waals surface area (Å²) in [7, 11) is 1.60. The number of hydrogen-bond donors (Lipinski definition) is 2. The maximum Gasteiger partial charge on any atom is 0.317 e. The number of urea groups is 1. The summed E-state index contributed by atoms with van der Waals surface area (Å²) in [5.74, 6) is -0.621. The highest BCUT2D eigenvalue weighted by Crippen LogP contribution is 2.27. The number of pyridine rings is 1. The summed E-state index contributed by atoms with van der Waals surface area (Å²) in [6.07, 6.45) is 3.97. The Kier molecular flexibility index (Phi) is 7.12.